The number of hydrogen-bond acceptors (Lipinski definition) is 2. The minimum absolute atomic E-state index is 0.0413. The van der Waals surface area contributed by atoms with Gasteiger partial charge in [0.2, 0.25) is 0 Å². The van der Waals surface area contributed by atoms with Gasteiger partial charge < -0.3 is 4.74 Å². The van der Waals surface area contributed by atoms with E-state index in [-0.39, 0.29) is 11.7 Å². The van der Waals surface area contributed by atoms with Gasteiger partial charge in [0.05, 0.1) is 18.6 Å². The molecule has 2 nitrogen and oxygen atoms in total. The molecule has 1 saturated carbocycles. The summed E-state index contributed by atoms with van der Waals surface area (Å²) in [6.07, 6.45) is 25.1. The van der Waals surface area contributed by atoms with Gasteiger partial charge >= 0.3 is 0 Å². The molecule has 226 valence electrons. The molecular formula is C38H56FNO. The van der Waals surface area contributed by atoms with Crippen LogP contribution in [0.25, 0.3) is 11.1 Å². The third-order valence-corrected chi connectivity index (χ3v) is 9.38. The van der Waals surface area contributed by atoms with Crippen molar-refractivity contribution in [3.8, 4) is 22.9 Å². The normalized spacial score (nSPS) is 15.4. The molecule has 0 saturated heterocycles. The predicted molar refractivity (Wildman–Crippen MR) is 172 cm³/mol. The molecule has 1 aliphatic carbocycles. The second-order valence-corrected chi connectivity index (χ2v) is 12.7. The maximum absolute atomic E-state index is 15.0. The van der Waals surface area contributed by atoms with Gasteiger partial charge in [-0.3, -0.25) is 0 Å². The van der Waals surface area contributed by atoms with E-state index in [0.29, 0.717) is 23.3 Å². The largest absolute Gasteiger partial charge is 0.493 e. The molecule has 0 heterocycles. The fraction of sp³-hybridized carbons (Fsp3) is 0.658. The first-order valence-electron chi connectivity index (χ1n) is 17.0. The second-order valence-electron chi connectivity index (χ2n) is 12.7. The summed E-state index contributed by atoms with van der Waals surface area (Å²) >= 11 is 0. The van der Waals surface area contributed by atoms with E-state index in [2.05, 4.69) is 32.0 Å². The minimum Gasteiger partial charge on any atom is -0.493 e. The van der Waals surface area contributed by atoms with Gasteiger partial charge in [0.25, 0.3) is 0 Å². The average molecular weight is 562 g/mol. The number of benzene rings is 2. The molecule has 3 heteroatoms. The molecule has 41 heavy (non-hydrogen) atoms. The fourth-order valence-electron chi connectivity index (χ4n) is 6.72. The molecular weight excluding hydrogens is 505 g/mol. The molecule has 0 aliphatic heterocycles. The monoisotopic (exact) mass is 561 g/mol. The van der Waals surface area contributed by atoms with Crippen molar-refractivity contribution in [1.29, 1.82) is 5.26 Å². The lowest BCUT2D eigenvalue weighted by atomic mass is 9.67. The first kappa shape index (κ1) is 33.2. The minimum atomic E-state index is -0.249. The summed E-state index contributed by atoms with van der Waals surface area (Å²) in [7, 11) is 0. The summed E-state index contributed by atoms with van der Waals surface area (Å²) in [4.78, 5) is 0. The molecule has 0 aromatic heterocycles. The Kier molecular flexibility index (Phi) is 15.3. The quantitative estimate of drug-likeness (QED) is 0.151. The van der Waals surface area contributed by atoms with E-state index >= 15 is 0 Å². The molecule has 0 amide bonds. The Morgan fingerprint density at radius 1 is 0.805 bits per heavy atom. The van der Waals surface area contributed by atoms with Gasteiger partial charge in [0.1, 0.15) is 11.6 Å². The van der Waals surface area contributed by atoms with Crippen molar-refractivity contribution in [2.75, 3.05) is 6.61 Å². The van der Waals surface area contributed by atoms with Gasteiger partial charge in [-0.2, -0.15) is 5.26 Å². The standard InChI is InChI=1S/C38H56FNO/c1-3-5-7-9-11-16-28-41-35-21-22-36(37(39)30-35)34-19-17-32(18-20-34)29-33(31-40)23-27-38(25-14-12-15-26-38)24-13-10-8-6-4-2/h17-22,30,33H,3-16,23-29H2,1-2H3. The maximum atomic E-state index is 15.0. The van der Waals surface area contributed by atoms with Crippen molar-refractivity contribution in [3.63, 3.8) is 0 Å². The lowest BCUT2D eigenvalue weighted by Gasteiger charge is -2.38. The Morgan fingerprint density at radius 2 is 1.46 bits per heavy atom. The molecule has 1 aliphatic rings. The fourth-order valence-corrected chi connectivity index (χ4v) is 6.72. The predicted octanol–water partition coefficient (Wildman–Crippen LogP) is 12.0. The number of rotatable bonds is 20. The lowest BCUT2D eigenvalue weighted by molar-refractivity contribution is 0.143. The molecule has 1 unspecified atom stereocenters. The van der Waals surface area contributed by atoms with Crippen LogP contribution in [0.1, 0.15) is 141 Å². The molecule has 1 fully saturated rings. The summed E-state index contributed by atoms with van der Waals surface area (Å²) < 4.78 is 20.8. The van der Waals surface area contributed by atoms with Crippen molar-refractivity contribution in [2.24, 2.45) is 11.3 Å². The highest BCUT2D eigenvalue weighted by molar-refractivity contribution is 5.65. The van der Waals surface area contributed by atoms with E-state index in [9.17, 15) is 9.65 Å². The third kappa shape index (κ3) is 11.8. The summed E-state index contributed by atoms with van der Waals surface area (Å²) in [5.74, 6) is 0.394. The zero-order valence-corrected chi connectivity index (χ0v) is 26.2. The Morgan fingerprint density at radius 3 is 2.12 bits per heavy atom. The van der Waals surface area contributed by atoms with E-state index in [4.69, 9.17) is 4.74 Å². The average Bonchev–Trinajstić information content (AvgIpc) is 3.00. The highest BCUT2D eigenvalue weighted by atomic mass is 19.1. The molecule has 3 rings (SSSR count). The first-order chi connectivity index (χ1) is 20.1. The van der Waals surface area contributed by atoms with Crippen LogP contribution in [0.4, 0.5) is 4.39 Å². The van der Waals surface area contributed by atoms with Crippen LogP contribution in [-0.2, 0) is 6.42 Å². The zero-order chi connectivity index (χ0) is 29.2. The van der Waals surface area contributed by atoms with Gasteiger partial charge in [0, 0.05) is 11.6 Å². The molecule has 0 bridgehead atoms. The summed E-state index contributed by atoms with van der Waals surface area (Å²) in [5.41, 5.74) is 3.09. The van der Waals surface area contributed by atoms with Gasteiger partial charge in [-0.05, 0) is 73.6 Å². The van der Waals surface area contributed by atoms with Crippen molar-refractivity contribution < 1.29 is 9.13 Å². The van der Waals surface area contributed by atoms with Gasteiger partial charge in [-0.1, -0.05) is 122 Å². The number of hydrogen-bond donors (Lipinski definition) is 0. The number of nitrogens with zero attached hydrogens (tertiary/aromatic N) is 1. The van der Waals surface area contributed by atoms with Crippen molar-refractivity contribution in [3.05, 3.63) is 53.8 Å². The van der Waals surface area contributed by atoms with E-state index in [1.807, 2.05) is 24.3 Å². The number of halogens is 1. The van der Waals surface area contributed by atoms with E-state index in [1.165, 1.54) is 115 Å². The van der Waals surface area contributed by atoms with Crippen LogP contribution in [0.5, 0.6) is 5.75 Å². The first-order valence-corrected chi connectivity index (χ1v) is 17.0. The maximum Gasteiger partial charge on any atom is 0.134 e. The second kappa shape index (κ2) is 19.0. The smallest absolute Gasteiger partial charge is 0.134 e. The van der Waals surface area contributed by atoms with Crippen molar-refractivity contribution in [1.82, 2.24) is 0 Å². The summed E-state index contributed by atoms with van der Waals surface area (Å²) in [6, 6.07) is 16.0. The highest BCUT2D eigenvalue weighted by Gasteiger charge is 2.32. The van der Waals surface area contributed by atoms with E-state index in [1.54, 1.807) is 0 Å². The van der Waals surface area contributed by atoms with Crippen LogP contribution in [-0.4, -0.2) is 6.61 Å². The van der Waals surface area contributed by atoms with E-state index < -0.39 is 0 Å². The SMILES string of the molecule is CCCCCCCCOc1ccc(-c2ccc(CC(C#N)CCC3(CCCCCCC)CCCCC3)cc2)c(F)c1. The van der Waals surface area contributed by atoms with Crippen LogP contribution in [0, 0.1) is 28.5 Å². The molecule has 2 aromatic carbocycles. The number of nitriles is 1. The Balaban J connectivity index is 1.49. The van der Waals surface area contributed by atoms with E-state index in [0.717, 1.165) is 30.4 Å². The topological polar surface area (TPSA) is 33.0 Å². The number of ether oxygens (including phenoxy) is 1. The summed E-state index contributed by atoms with van der Waals surface area (Å²) in [5, 5.41) is 9.98. The van der Waals surface area contributed by atoms with Gasteiger partial charge in [-0.25, -0.2) is 4.39 Å². The molecule has 0 spiro atoms. The Hall–Kier alpha value is -2.34. The van der Waals surface area contributed by atoms with Gasteiger partial charge in [-0.15, -0.1) is 0 Å². The number of unbranched alkanes of at least 4 members (excludes halogenated alkanes) is 9. The third-order valence-electron chi connectivity index (χ3n) is 9.38. The Bertz CT molecular complexity index is 1020. The van der Waals surface area contributed by atoms with Crippen molar-refractivity contribution >= 4 is 0 Å². The van der Waals surface area contributed by atoms with Crippen LogP contribution >= 0.6 is 0 Å². The summed E-state index contributed by atoms with van der Waals surface area (Å²) in [6.45, 7) is 5.14. The Labute approximate surface area is 251 Å². The lowest BCUT2D eigenvalue weighted by Crippen LogP contribution is -2.25. The van der Waals surface area contributed by atoms with Crippen molar-refractivity contribution in [2.45, 2.75) is 142 Å². The zero-order valence-electron chi connectivity index (χ0n) is 26.2. The molecule has 0 N–H and O–H groups in total. The van der Waals surface area contributed by atoms with Gasteiger partial charge in [0.15, 0.2) is 0 Å². The highest BCUT2D eigenvalue weighted by Crippen LogP contribution is 2.45. The van der Waals surface area contributed by atoms with Crippen LogP contribution in [0.15, 0.2) is 42.5 Å². The molecule has 1 atom stereocenters. The van der Waals surface area contributed by atoms with Crippen LogP contribution < -0.4 is 4.74 Å². The molecule has 0 radical (unpaired) electrons. The molecule has 2 aromatic rings. The van der Waals surface area contributed by atoms with Crippen LogP contribution in [0.3, 0.4) is 0 Å². The van der Waals surface area contributed by atoms with Crippen LogP contribution in [0.2, 0.25) is 0 Å².